The zero-order chi connectivity index (χ0) is 23.1. The molecular weight excluding hydrogens is 428 g/mol. The summed E-state index contributed by atoms with van der Waals surface area (Å²) >= 11 is 0. The predicted octanol–water partition coefficient (Wildman–Crippen LogP) is 1.32. The van der Waals surface area contributed by atoms with Crippen LogP contribution in [0, 0.1) is 0 Å². The molecule has 0 radical (unpaired) electrons. The van der Waals surface area contributed by atoms with Gasteiger partial charge in [0.05, 0.1) is 11.7 Å². The van der Waals surface area contributed by atoms with Gasteiger partial charge in [-0.3, -0.25) is 13.9 Å². The minimum Gasteiger partial charge on any atom is -0.343 e. The maximum absolute atomic E-state index is 13.0. The molecule has 3 atom stereocenters. The Labute approximate surface area is 190 Å². The van der Waals surface area contributed by atoms with Gasteiger partial charge in [-0.25, -0.2) is 4.21 Å². The van der Waals surface area contributed by atoms with Gasteiger partial charge in [0.1, 0.15) is 23.3 Å². The fraction of sp³-hybridized carbons (Fsp3) is 0.348. The first-order chi connectivity index (χ1) is 15.4. The van der Waals surface area contributed by atoms with Crippen molar-refractivity contribution in [1.29, 1.82) is 0 Å². The van der Waals surface area contributed by atoms with Crippen LogP contribution < -0.4 is 20.7 Å². The third-order valence-electron chi connectivity index (χ3n) is 5.39. The number of amides is 2. The molecule has 1 aliphatic heterocycles. The normalized spacial score (nSPS) is 15.4. The fourth-order valence-corrected chi connectivity index (χ4v) is 4.46. The largest absolute Gasteiger partial charge is 0.343 e. The van der Waals surface area contributed by atoms with Gasteiger partial charge in [-0.05, 0) is 48.6 Å². The number of aryl methyl sites for hydroxylation is 1. The standard InChI is InChI=1S/C23H28N4O4S/c1-32(31)27-13-11-17-15-18(8-10-21(17)27)25-23(30)20(26-22(29)19(24)12-14-28)9-7-16-5-3-2-4-6-16/h2-6,8,10,14-15,19-20H,7,9,11-13,24H2,1H3,(H,25,30)(H,26,29). The van der Waals surface area contributed by atoms with E-state index in [1.165, 1.54) is 0 Å². The van der Waals surface area contributed by atoms with Crippen molar-refractivity contribution in [3.8, 4) is 0 Å². The summed E-state index contributed by atoms with van der Waals surface area (Å²) in [5.74, 6) is -0.901. The second-order valence-electron chi connectivity index (χ2n) is 7.70. The SMILES string of the molecule is CS(=O)N1CCc2cc(NC(=O)C(CCc3ccccc3)NC(=O)C(N)CC=O)ccc21. The molecule has 32 heavy (non-hydrogen) atoms. The Hall–Kier alpha value is -3.04. The lowest BCUT2D eigenvalue weighted by molar-refractivity contribution is -0.128. The molecule has 0 bridgehead atoms. The van der Waals surface area contributed by atoms with Crippen molar-refractivity contribution in [2.45, 2.75) is 37.8 Å². The topological polar surface area (TPSA) is 122 Å². The van der Waals surface area contributed by atoms with Crippen molar-refractivity contribution in [1.82, 2.24) is 5.32 Å². The highest BCUT2D eigenvalue weighted by molar-refractivity contribution is 7.85. The number of carbonyl (C=O) groups is 3. The van der Waals surface area contributed by atoms with Crippen LogP contribution in [0.3, 0.4) is 0 Å². The predicted molar refractivity (Wildman–Crippen MR) is 126 cm³/mol. The van der Waals surface area contributed by atoms with Crippen LogP contribution in [0.15, 0.2) is 48.5 Å². The molecule has 0 aromatic heterocycles. The summed E-state index contributed by atoms with van der Waals surface area (Å²) in [6, 6.07) is 13.3. The smallest absolute Gasteiger partial charge is 0.246 e. The van der Waals surface area contributed by atoms with E-state index in [4.69, 9.17) is 5.73 Å². The van der Waals surface area contributed by atoms with E-state index in [9.17, 15) is 18.6 Å². The molecule has 3 rings (SSSR count). The highest BCUT2D eigenvalue weighted by atomic mass is 32.2. The van der Waals surface area contributed by atoms with Crippen molar-refractivity contribution in [3.05, 3.63) is 59.7 Å². The lowest BCUT2D eigenvalue weighted by Crippen LogP contribution is -2.50. The number of nitrogens with one attached hydrogen (secondary N) is 2. The molecule has 1 aliphatic rings. The van der Waals surface area contributed by atoms with Crippen molar-refractivity contribution >= 4 is 40.5 Å². The van der Waals surface area contributed by atoms with Gasteiger partial charge in [0, 0.05) is 24.9 Å². The van der Waals surface area contributed by atoms with E-state index < -0.39 is 29.0 Å². The Bertz CT molecular complexity index is 999. The second kappa shape index (κ2) is 11.0. The first-order valence-electron chi connectivity index (χ1n) is 10.5. The zero-order valence-corrected chi connectivity index (χ0v) is 18.8. The quantitative estimate of drug-likeness (QED) is 0.466. The molecule has 2 aromatic rings. The van der Waals surface area contributed by atoms with Crippen molar-refractivity contribution in [3.63, 3.8) is 0 Å². The summed E-state index contributed by atoms with van der Waals surface area (Å²) in [5.41, 5.74) is 9.29. The maximum atomic E-state index is 13.0. The maximum Gasteiger partial charge on any atom is 0.246 e. The molecule has 0 saturated carbocycles. The van der Waals surface area contributed by atoms with Gasteiger partial charge < -0.3 is 21.2 Å². The van der Waals surface area contributed by atoms with E-state index in [1.807, 2.05) is 46.8 Å². The summed E-state index contributed by atoms with van der Waals surface area (Å²) in [5, 5.41) is 5.55. The zero-order valence-electron chi connectivity index (χ0n) is 18.0. The molecule has 0 spiro atoms. The van der Waals surface area contributed by atoms with Gasteiger partial charge in [-0.15, -0.1) is 0 Å². The van der Waals surface area contributed by atoms with Crippen LogP contribution in [0.2, 0.25) is 0 Å². The van der Waals surface area contributed by atoms with Crippen molar-refractivity contribution in [2.24, 2.45) is 5.73 Å². The average molecular weight is 457 g/mol. The Morgan fingerprint density at radius 1 is 1.19 bits per heavy atom. The average Bonchev–Trinajstić information content (AvgIpc) is 3.20. The van der Waals surface area contributed by atoms with E-state index in [0.29, 0.717) is 31.4 Å². The molecule has 8 nitrogen and oxygen atoms in total. The van der Waals surface area contributed by atoms with Crippen LogP contribution in [0.4, 0.5) is 11.4 Å². The van der Waals surface area contributed by atoms with Gasteiger partial charge in [-0.2, -0.15) is 0 Å². The summed E-state index contributed by atoms with van der Waals surface area (Å²) in [4.78, 5) is 36.1. The van der Waals surface area contributed by atoms with Gasteiger partial charge in [0.25, 0.3) is 0 Å². The first-order valence-corrected chi connectivity index (χ1v) is 12.0. The van der Waals surface area contributed by atoms with Gasteiger partial charge >= 0.3 is 0 Å². The highest BCUT2D eigenvalue weighted by Crippen LogP contribution is 2.31. The Morgan fingerprint density at radius 3 is 2.62 bits per heavy atom. The second-order valence-corrected chi connectivity index (χ2v) is 8.99. The van der Waals surface area contributed by atoms with E-state index in [2.05, 4.69) is 10.6 Å². The van der Waals surface area contributed by atoms with E-state index >= 15 is 0 Å². The number of hydrogen-bond acceptors (Lipinski definition) is 5. The fourth-order valence-electron chi connectivity index (χ4n) is 3.66. The first kappa shape index (κ1) is 23.6. The Balaban J connectivity index is 1.71. The third-order valence-corrected chi connectivity index (χ3v) is 6.39. The number of nitrogens with zero attached hydrogens (tertiary/aromatic N) is 1. The van der Waals surface area contributed by atoms with Crippen LogP contribution in [-0.2, 0) is 38.2 Å². The van der Waals surface area contributed by atoms with E-state index in [1.54, 1.807) is 12.3 Å². The summed E-state index contributed by atoms with van der Waals surface area (Å²) in [6.45, 7) is 0.667. The number of hydrogen-bond donors (Lipinski definition) is 3. The summed E-state index contributed by atoms with van der Waals surface area (Å²) < 4.78 is 13.7. The lowest BCUT2D eigenvalue weighted by atomic mass is 10.0. The Kier molecular flexibility index (Phi) is 8.13. The molecule has 2 aromatic carbocycles. The number of fused-ring (bicyclic) bond motifs is 1. The lowest BCUT2D eigenvalue weighted by Gasteiger charge is -2.21. The minimum atomic E-state index is -1.10. The number of aldehydes is 1. The van der Waals surface area contributed by atoms with E-state index in [-0.39, 0.29) is 12.3 Å². The molecule has 170 valence electrons. The minimum absolute atomic E-state index is 0.112. The number of anilines is 2. The number of rotatable bonds is 10. The molecule has 0 saturated heterocycles. The monoisotopic (exact) mass is 456 g/mol. The highest BCUT2D eigenvalue weighted by Gasteiger charge is 2.25. The molecule has 9 heteroatoms. The molecule has 3 unspecified atom stereocenters. The number of carbonyl (C=O) groups excluding carboxylic acids is 3. The van der Waals surface area contributed by atoms with Crippen molar-refractivity contribution in [2.75, 3.05) is 22.4 Å². The molecular formula is C23H28N4O4S. The summed E-state index contributed by atoms with van der Waals surface area (Å²) in [7, 11) is -1.10. The summed E-state index contributed by atoms with van der Waals surface area (Å²) in [6.07, 6.45) is 3.82. The van der Waals surface area contributed by atoms with Gasteiger partial charge in [0.15, 0.2) is 0 Å². The Morgan fingerprint density at radius 2 is 1.94 bits per heavy atom. The number of nitrogens with two attached hydrogens (primary N) is 1. The van der Waals surface area contributed by atoms with Crippen LogP contribution in [0.25, 0.3) is 0 Å². The number of benzene rings is 2. The van der Waals surface area contributed by atoms with Crippen LogP contribution in [0.1, 0.15) is 24.0 Å². The van der Waals surface area contributed by atoms with Crippen molar-refractivity contribution < 1.29 is 18.6 Å². The molecule has 1 heterocycles. The van der Waals surface area contributed by atoms with Gasteiger partial charge in [-0.1, -0.05) is 30.3 Å². The van der Waals surface area contributed by atoms with Crippen LogP contribution >= 0.6 is 0 Å². The molecule has 0 aliphatic carbocycles. The van der Waals surface area contributed by atoms with Gasteiger partial charge in [0.2, 0.25) is 11.8 Å². The van der Waals surface area contributed by atoms with E-state index in [0.717, 1.165) is 23.2 Å². The molecule has 2 amide bonds. The van der Waals surface area contributed by atoms with Crippen LogP contribution in [-0.4, -0.2) is 47.2 Å². The molecule has 4 N–H and O–H groups in total. The third kappa shape index (κ3) is 6.02. The molecule has 0 fully saturated rings. The van der Waals surface area contributed by atoms with Crippen LogP contribution in [0.5, 0.6) is 0 Å².